The summed E-state index contributed by atoms with van der Waals surface area (Å²) in [7, 11) is -2.98. The Morgan fingerprint density at radius 1 is 1.41 bits per heavy atom. The summed E-state index contributed by atoms with van der Waals surface area (Å²) in [6, 6.07) is 3.25. The van der Waals surface area contributed by atoms with Crippen molar-refractivity contribution in [3.8, 4) is 11.8 Å². The van der Waals surface area contributed by atoms with Crippen molar-refractivity contribution in [1.29, 1.82) is 0 Å². The van der Waals surface area contributed by atoms with E-state index < -0.39 is 22.0 Å². The van der Waals surface area contributed by atoms with Crippen LogP contribution in [-0.2, 0) is 21.2 Å². The van der Waals surface area contributed by atoms with Gasteiger partial charge in [0.2, 0.25) is 0 Å². The van der Waals surface area contributed by atoms with E-state index in [0.717, 1.165) is 5.69 Å². The van der Waals surface area contributed by atoms with Crippen LogP contribution in [0.3, 0.4) is 0 Å². The number of oxime groups is 1. The van der Waals surface area contributed by atoms with Crippen LogP contribution >= 0.6 is 0 Å². The third-order valence-corrected chi connectivity index (χ3v) is 4.84. The van der Waals surface area contributed by atoms with Crippen LogP contribution in [0, 0.1) is 11.8 Å². The van der Waals surface area contributed by atoms with E-state index in [2.05, 4.69) is 39.0 Å². The minimum Gasteiger partial charge on any atom is -0.393 e. The van der Waals surface area contributed by atoms with Gasteiger partial charge in [0.1, 0.15) is 34.4 Å². The van der Waals surface area contributed by atoms with E-state index in [1.807, 2.05) is 12.1 Å². The molecule has 2 N–H and O–H groups in total. The van der Waals surface area contributed by atoms with Gasteiger partial charge in [-0.15, -0.1) is 5.16 Å². The Morgan fingerprint density at radius 2 is 2.21 bits per heavy atom. The van der Waals surface area contributed by atoms with Crippen LogP contribution in [-0.4, -0.2) is 59.9 Å². The zero-order chi connectivity index (χ0) is 21.3. The van der Waals surface area contributed by atoms with Crippen molar-refractivity contribution >= 4 is 16.6 Å². The molecule has 0 aromatic carbocycles. The Morgan fingerprint density at radius 3 is 2.83 bits per heavy atom. The molecule has 1 unspecified atom stereocenters. The number of aliphatic hydroxyl groups is 1. The van der Waals surface area contributed by atoms with Gasteiger partial charge in [0.25, 0.3) is 0 Å². The van der Waals surface area contributed by atoms with E-state index in [1.54, 1.807) is 30.1 Å². The second-order valence-corrected chi connectivity index (χ2v) is 8.68. The summed E-state index contributed by atoms with van der Waals surface area (Å²) >= 11 is 0. The van der Waals surface area contributed by atoms with Gasteiger partial charge in [0.15, 0.2) is 0 Å². The van der Waals surface area contributed by atoms with Gasteiger partial charge in [-0.3, -0.25) is 4.98 Å². The quantitative estimate of drug-likeness (QED) is 0.252. The van der Waals surface area contributed by atoms with E-state index in [9.17, 15) is 13.5 Å². The molecule has 2 aromatic heterocycles. The van der Waals surface area contributed by atoms with E-state index in [1.165, 1.54) is 6.26 Å². The molecule has 0 amide bonds. The molecule has 0 saturated heterocycles. The molecule has 29 heavy (non-hydrogen) atoms. The molecule has 2 rings (SSSR count). The Labute approximate surface area is 170 Å². The van der Waals surface area contributed by atoms with Crippen LogP contribution in [0.5, 0.6) is 0 Å². The van der Waals surface area contributed by atoms with Crippen LogP contribution < -0.4 is 5.32 Å². The molecule has 156 valence electrons. The number of hydrogen-bond acceptors (Lipinski definition) is 8. The van der Waals surface area contributed by atoms with E-state index >= 15 is 0 Å². The summed E-state index contributed by atoms with van der Waals surface area (Å²) in [6.45, 7) is 5.92. The highest BCUT2D eigenvalue weighted by Crippen LogP contribution is 2.16. The van der Waals surface area contributed by atoms with Gasteiger partial charge < -0.3 is 19.8 Å². The molecule has 2 aromatic rings. The number of hydrogen-bond donors (Lipinski definition) is 2. The molecule has 0 aliphatic heterocycles. The molecule has 0 bridgehead atoms. The minimum atomic E-state index is -2.98. The van der Waals surface area contributed by atoms with E-state index in [0.29, 0.717) is 24.5 Å². The smallest absolute Gasteiger partial charge is 0.149 e. The lowest BCUT2D eigenvalue weighted by atomic mass is 10.2. The topological polar surface area (TPSA) is 119 Å². The van der Waals surface area contributed by atoms with Gasteiger partial charge in [-0.1, -0.05) is 11.8 Å². The number of pyridine rings is 1. The van der Waals surface area contributed by atoms with Crippen molar-refractivity contribution in [3.63, 3.8) is 0 Å². The molecule has 0 spiro atoms. The van der Waals surface area contributed by atoms with Gasteiger partial charge in [0, 0.05) is 50.2 Å². The van der Waals surface area contributed by atoms with E-state index in [-0.39, 0.29) is 12.4 Å². The highest BCUT2D eigenvalue weighted by atomic mass is 32.2. The molecule has 0 fully saturated rings. The van der Waals surface area contributed by atoms with Gasteiger partial charge >= 0.3 is 0 Å². The van der Waals surface area contributed by atoms with Crippen molar-refractivity contribution in [1.82, 2.24) is 19.9 Å². The Bertz CT molecular complexity index is 958. The molecular formula is C19H25N5O4S. The number of rotatable bonds is 10. The number of nitrogens with one attached hydrogen (secondary N) is 1. The second kappa shape index (κ2) is 10.7. The largest absolute Gasteiger partial charge is 0.393 e. The molecule has 0 aliphatic carbocycles. The molecular weight excluding hydrogens is 394 g/mol. The monoisotopic (exact) mass is 419 g/mol. The van der Waals surface area contributed by atoms with Crippen molar-refractivity contribution in [2.75, 3.05) is 25.2 Å². The normalized spacial score (nSPS) is 13.2. The zero-order valence-electron chi connectivity index (χ0n) is 16.4. The minimum absolute atomic E-state index is 0.0856. The molecule has 2 heterocycles. The van der Waals surface area contributed by atoms with Crippen molar-refractivity contribution in [2.24, 2.45) is 5.16 Å². The highest BCUT2D eigenvalue weighted by Gasteiger charge is 2.16. The first kappa shape index (κ1) is 22.5. The Balaban J connectivity index is 2.04. The highest BCUT2D eigenvalue weighted by molar-refractivity contribution is 7.90. The van der Waals surface area contributed by atoms with Gasteiger partial charge in [-0.2, -0.15) is 0 Å². The van der Waals surface area contributed by atoms with Crippen LogP contribution in [0.15, 0.2) is 35.9 Å². The standard InChI is InChI=1S/C19H25N5O4S/c1-15(25)19-22-8-10-24(19)18(14-28-20-2)7-5-16-4-6-17(23-12-16)13-21-9-11-29(3,26)27/h4,6,8,10,12,15,18,21,25H,2,9,11,13-14H2,1,3H3/t15-,18?/m0/s1. The van der Waals surface area contributed by atoms with E-state index in [4.69, 9.17) is 4.84 Å². The molecule has 0 radical (unpaired) electrons. The number of imidazole rings is 1. The predicted octanol–water partition coefficient (Wildman–Crippen LogP) is 0.691. The van der Waals surface area contributed by atoms with Crippen LogP contribution in [0.1, 0.15) is 36.2 Å². The van der Waals surface area contributed by atoms with Crippen LogP contribution in [0.4, 0.5) is 0 Å². The summed E-state index contributed by atoms with van der Waals surface area (Å²) in [4.78, 5) is 13.5. The predicted molar refractivity (Wildman–Crippen MR) is 110 cm³/mol. The molecule has 0 saturated carbocycles. The maximum Gasteiger partial charge on any atom is 0.149 e. The summed E-state index contributed by atoms with van der Waals surface area (Å²) < 4.78 is 24.0. The van der Waals surface area contributed by atoms with Gasteiger partial charge in [-0.25, -0.2) is 13.4 Å². The third-order valence-electron chi connectivity index (χ3n) is 3.90. The first-order chi connectivity index (χ1) is 13.8. The summed E-state index contributed by atoms with van der Waals surface area (Å²) in [5, 5.41) is 16.3. The maximum absolute atomic E-state index is 11.1. The third kappa shape index (κ3) is 7.65. The zero-order valence-corrected chi connectivity index (χ0v) is 17.3. The van der Waals surface area contributed by atoms with Crippen molar-refractivity contribution in [3.05, 3.63) is 47.8 Å². The van der Waals surface area contributed by atoms with Crippen molar-refractivity contribution < 1.29 is 18.4 Å². The summed E-state index contributed by atoms with van der Waals surface area (Å²) in [5.41, 5.74) is 1.49. The lowest BCUT2D eigenvalue weighted by Crippen LogP contribution is -2.22. The average Bonchev–Trinajstić information content (AvgIpc) is 3.15. The summed E-state index contributed by atoms with van der Waals surface area (Å²) in [6.07, 6.45) is 5.41. The first-order valence-corrected chi connectivity index (χ1v) is 11.0. The average molecular weight is 420 g/mol. The fourth-order valence-electron chi connectivity index (χ4n) is 2.47. The second-order valence-electron chi connectivity index (χ2n) is 6.42. The number of sulfone groups is 1. The Hall–Kier alpha value is -2.74. The van der Waals surface area contributed by atoms with Crippen LogP contribution in [0.2, 0.25) is 0 Å². The first-order valence-electron chi connectivity index (χ1n) is 8.94. The maximum atomic E-state index is 11.1. The van der Waals surface area contributed by atoms with Gasteiger partial charge in [0.05, 0.1) is 11.4 Å². The fourth-order valence-corrected chi connectivity index (χ4v) is 2.99. The van der Waals surface area contributed by atoms with Gasteiger partial charge in [-0.05, 0) is 19.1 Å². The van der Waals surface area contributed by atoms with Crippen molar-refractivity contribution in [2.45, 2.75) is 25.6 Å². The number of nitrogens with zero attached hydrogens (tertiary/aromatic N) is 4. The van der Waals surface area contributed by atoms with Crippen LogP contribution in [0.25, 0.3) is 0 Å². The molecule has 9 nitrogen and oxygen atoms in total. The number of aromatic nitrogens is 3. The lowest BCUT2D eigenvalue weighted by Gasteiger charge is -2.15. The Kier molecular flexibility index (Phi) is 8.33. The lowest BCUT2D eigenvalue weighted by molar-refractivity contribution is 0.121. The molecule has 0 aliphatic rings. The molecule has 10 heteroatoms. The summed E-state index contributed by atoms with van der Waals surface area (Å²) in [5.74, 6) is 6.68. The fraction of sp³-hybridized carbons (Fsp3) is 0.421. The number of aliphatic hydroxyl groups excluding tert-OH is 1. The molecule has 2 atom stereocenters. The SMILES string of the molecule is C=NOCC(C#Cc1ccc(CNCCS(C)(=O)=O)nc1)n1ccnc1[C@H](C)O.